The predicted octanol–water partition coefficient (Wildman–Crippen LogP) is 2.88. The van der Waals surface area contributed by atoms with Gasteiger partial charge in [-0.1, -0.05) is 20.1 Å². The third-order valence-corrected chi connectivity index (χ3v) is 3.17. The molecular formula is C15H17N3O. The molecule has 0 unspecified atom stereocenters. The van der Waals surface area contributed by atoms with Gasteiger partial charge in [0.15, 0.2) is 0 Å². The summed E-state index contributed by atoms with van der Waals surface area (Å²) >= 11 is 0. The zero-order valence-corrected chi connectivity index (χ0v) is 11.0. The largest absolute Gasteiger partial charge is 0.310 e. The molecule has 1 aromatic rings. The Morgan fingerprint density at radius 1 is 1.53 bits per heavy atom. The maximum absolute atomic E-state index is 11.8. The van der Waals surface area contributed by atoms with E-state index in [0.29, 0.717) is 17.4 Å². The zero-order chi connectivity index (χ0) is 13.8. The van der Waals surface area contributed by atoms with Crippen molar-refractivity contribution in [1.29, 1.82) is 0 Å². The molecule has 1 heterocycles. The highest BCUT2D eigenvalue weighted by molar-refractivity contribution is 5.94. The van der Waals surface area contributed by atoms with Gasteiger partial charge in [-0.15, -0.1) is 0 Å². The van der Waals surface area contributed by atoms with Crippen LogP contribution >= 0.6 is 0 Å². The van der Waals surface area contributed by atoms with E-state index in [1.54, 1.807) is 18.4 Å². The van der Waals surface area contributed by atoms with Gasteiger partial charge in [0, 0.05) is 23.9 Å². The molecule has 1 aliphatic carbocycles. The summed E-state index contributed by atoms with van der Waals surface area (Å²) in [7, 11) is 0. The average molecular weight is 255 g/mol. The smallest absolute Gasteiger partial charge is 0.228 e. The van der Waals surface area contributed by atoms with E-state index in [9.17, 15) is 4.79 Å². The number of carbonyl (C=O) groups excluding carboxylic acids is 1. The van der Waals surface area contributed by atoms with E-state index in [1.165, 1.54) is 6.20 Å². The first-order valence-corrected chi connectivity index (χ1v) is 6.24. The second-order valence-corrected chi connectivity index (χ2v) is 4.64. The van der Waals surface area contributed by atoms with Crippen molar-refractivity contribution in [2.45, 2.75) is 13.3 Å². The van der Waals surface area contributed by atoms with Crippen LogP contribution in [0.3, 0.4) is 0 Å². The van der Waals surface area contributed by atoms with Crippen LogP contribution in [-0.2, 0) is 4.79 Å². The fraction of sp³-hybridized carbons (Fsp3) is 0.267. The SMILES string of the molecule is C=C/N=C\c1ccc(NC(=O)[C@@H]2C[C@H]2C)nc1C=C. The fourth-order valence-corrected chi connectivity index (χ4v) is 1.87. The first-order valence-electron chi connectivity index (χ1n) is 6.24. The van der Waals surface area contributed by atoms with Crippen LogP contribution in [0.25, 0.3) is 6.08 Å². The Morgan fingerprint density at radius 2 is 2.26 bits per heavy atom. The van der Waals surface area contributed by atoms with E-state index >= 15 is 0 Å². The maximum atomic E-state index is 11.8. The molecule has 4 heteroatoms. The molecular weight excluding hydrogens is 238 g/mol. The van der Waals surface area contributed by atoms with Crippen LogP contribution < -0.4 is 5.32 Å². The summed E-state index contributed by atoms with van der Waals surface area (Å²) in [5.41, 5.74) is 1.53. The van der Waals surface area contributed by atoms with Crippen molar-refractivity contribution < 1.29 is 4.79 Å². The van der Waals surface area contributed by atoms with Crippen LogP contribution in [-0.4, -0.2) is 17.1 Å². The Hall–Kier alpha value is -2.23. The van der Waals surface area contributed by atoms with Gasteiger partial charge in [-0.05, 0) is 30.5 Å². The Balaban J connectivity index is 2.14. The number of nitrogens with zero attached hydrogens (tertiary/aromatic N) is 2. The predicted molar refractivity (Wildman–Crippen MR) is 78.0 cm³/mol. The van der Waals surface area contributed by atoms with Crippen LogP contribution in [0.1, 0.15) is 24.6 Å². The van der Waals surface area contributed by atoms with Crippen molar-refractivity contribution in [2.24, 2.45) is 16.8 Å². The van der Waals surface area contributed by atoms with Crippen LogP contribution in [0, 0.1) is 11.8 Å². The number of aliphatic imine (C=N–C) groups is 1. The molecule has 1 aliphatic rings. The van der Waals surface area contributed by atoms with Gasteiger partial charge in [-0.2, -0.15) is 0 Å². The zero-order valence-electron chi connectivity index (χ0n) is 11.0. The Kier molecular flexibility index (Phi) is 3.90. The second kappa shape index (κ2) is 5.61. The molecule has 1 aromatic heterocycles. The molecule has 1 N–H and O–H groups in total. The summed E-state index contributed by atoms with van der Waals surface area (Å²) in [6.07, 6.45) is 5.71. The second-order valence-electron chi connectivity index (χ2n) is 4.64. The summed E-state index contributed by atoms with van der Waals surface area (Å²) < 4.78 is 0. The Bertz CT molecular complexity index is 548. The first kappa shape index (κ1) is 13.2. The van der Waals surface area contributed by atoms with Crippen molar-refractivity contribution >= 4 is 24.0 Å². The highest BCUT2D eigenvalue weighted by Crippen LogP contribution is 2.38. The standard InChI is InChI=1S/C15H17N3O/c1-4-13-11(9-16-5-2)6-7-14(17-13)18-15(19)12-8-10(12)3/h4-7,9-10,12H,1-2,8H2,3H3,(H,17,18,19)/b16-9-/t10-,12-/m1/s1. The number of rotatable bonds is 5. The molecule has 19 heavy (non-hydrogen) atoms. The minimum absolute atomic E-state index is 0.0440. The summed E-state index contributed by atoms with van der Waals surface area (Å²) in [5, 5.41) is 2.83. The van der Waals surface area contributed by atoms with E-state index in [4.69, 9.17) is 0 Å². The minimum Gasteiger partial charge on any atom is -0.310 e. The molecule has 0 radical (unpaired) electrons. The third kappa shape index (κ3) is 3.16. The number of nitrogens with one attached hydrogen (secondary N) is 1. The van der Waals surface area contributed by atoms with E-state index in [1.807, 2.05) is 6.07 Å². The van der Waals surface area contributed by atoms with Gasteiger partial charge in [-0.3, -0.25) is 9.79 Å². The van der Waals surface area contributed by atoms with Crippen molar-refractivity contribution in [3.8, 4) is 0 Å². The van der Waals surface area contributed by atoms with Crippen molar-refractivity contribution in [3.05, 3.63) is 42.7 Å². The van der Waals surface area contributed by atoms with Crippen LogP contribution in [0.15, 0.2) is 36.5 Å². The lowest BCUT2D eigenvalue weighted by Crippen LogP contribution is -2.15. The third-order valence-electron chi connectivity index (χ3n) is 3.17. The molecule has 2 rings (SSSR count). The Morgan fingerprint density at radius 3 is 2.84 bits per heavy atom. The quantitative estimate of drug-likeness (QED) is 0.822. The van der Waals surface area contributed by atoms with Crippen molar-refractivity contribution in [3.63, 3.8) is 0 Å². The maximum Gasteiger partial charge on any atom is 0.228 e. The average Bonchev–Trinajstić information content (AvgIpc) is 3.14. The number of amides is 1. The van der Waals surface area contributed by atoms with Gasteiger partial charge in [0.1, 0.15) is 5.82 Å². The van der Waals surface area contributed by atoms with Crippen LogP contribution in [0.5, 0.6) is 0 Å². The molecule has 1 fully saturated rings. The lowest BCUT2D eigenvalue weighted by molar-refractivity contribution is -0.117. The molecule has 1 amide bonds. The fourth-order valence-electron chi connectivity index (χ4n) is 1.87. The van der Waals surface area contributed by atoms with E-state index in [2.05, 4.69) is 35.4 Å². The van der Waals surface area contributed by atoms with E-state index in [0.717, 1.165) is 12.0 Å². The summed E-state index contributed by atoms with van der Waals surface area (Å²) in [4.78, 5) is 20.1. The summed E-state index contributed by atoms with van der Waals surface area (Å²) in [5.74, 6) is 1.21. The molecule has 0 spiro atoms. The van der Waals surface area contributed by atoms with Gasteiger partial charge in [0.25, 0.3) is 0 Å². The first-order chi connectivity index (χ1) is 9.15. The van der Waals surface area contributed by atoms with Gasteiger partial charge < -0.3 is 5.32 Å². The molecule has 0 bridgehead atoms. The van der Waals surface area contributed by atoms with Crippen molar-refractivity contribution in [1.82, 2.24) is 4.98 Å². The molecule has 0 saturated heterocycles. The minimum atomic E-state index is 0.0440. The molecule has 0 aromatic carbocycles. The number of hydrogen-bond acceptors (Lipinski definition) is 3. The van der Waals surface area contributed by atoms with E-state index in [-0.39, 0.29) is 11.8 Å². The van der Waals surface area contributed by atoms with Gasteiger partial charge in [0.05, 0.1) is 5.69 Å². The molecule has 0 aliphatic heterocycles. The molecule has 2 atom stereocenters. The lowest BCUT2D eigenvalue weighted by Gasteiger charge is -2.06. The van der Waals surface area contributed by atoms with Gasteiger partial charge in [-0.25, -0.2) is 4.98 Å². The van der Waals surface area contributed by atoms with Gasteiger partial charge >= 0.3 is 0 Å². The van der Waals surface area contributed by atoms with Crippen molar-refractivity contribution in [2.75, 3.05) is 5.32 Å². The number of carbonyl (C=O) groups is 1. The number of anilines is 1. The topological polar surface area (TPSA) is 54.4 Å². The van der Waals surface area contributed by atoms with Crippen LogP contribution in [0.2, 0.25) is 0 Å². The number of aromatic nitrogens is 1. The highest BCUT2D eigenvalue weighted by Gasteiger charge is 2.39. The monoisotopic (exact) mass is 255 g/mol. The molecule has 4 nitrogen and oxygen atoms in total. The molecule has 1 saturated carbocycles. The summed E-state index contributed by atoms with van der Waals surface area (Å²) in [6, 6.07) is 3.62. The van der Waals surface area contributed by atoms with E-state index < -0.39 is 0 Å². The lowest BCUT2D eigenvalue weighted by atomic mass is 10.2. The normalized spacial score (nSPS) is 21.1. The van der Waals surface area contributed by atoms with Gasteiger partial charge in [0.2, 0.25) is 5.91 Å². The number of pyridine rings is 1. The molecule has 98 valence electrons. The Labute approximate surface area is 113 Å². The summed E-state index contributed by atoms with van der Waals surface area (Å²) in [6.45, 7) is 9.31. The number of hydrogen-bond donors (Lipinski definition) is 1. The van der Waals surface area contributed by atoms with Crippen LogP contribution in [0.4, 0.5) is 5.82 Å². The highest BCUT2D eigenvalue weighted by atomic mass is 16.2.